The van der Waals surface area contributed by atoms with E-state index in [1.165, 1.54) is 11.3 Å². The lowest BCUT2D eigenvalue weighted by Gasteiger charge is -2.30. The van der Waals surface area contributed by atoms with Gasteiger partial charge in [-0.25, -0.2) is 0 Å². The molecule has 1 heterocycles. The van der Waals surface area contributed by atoms with Crippen molar-refractivity contribution in [3.63, 3.8) is 0 Å². The highest BCUT2D eigenvalue weighted by atomic mass is 16.5. The zero-order valence-corrected chi connectivity index (χ0v) is 15.0. The summed E-state index contributed by atoms with van der Waals surface area (Å²) in [5, 5.41) is 2.98. The average molecular weight is 338 g/mol. The second-order valence-electron chi connectivity index (χ2n) is 6.93. The number of fused-ring (bicyclic) bond motifs is 1. The molecule has 4 heteroatoms. The molecule has 1 N–H and O–H groups in total. The largest absolute Gasteiger partial charge is 0.493 e. The summed E-state index contributed by atoms with van der Waals surface area (Å²) in [6.07, 6.45) is 2.18. The SMILES string of the molecule is CC(C)COc1ccc(NC(=O)CN2CCCc3ccccc32)cc1. The smallest absolute Gasteiger partial charge is 0.243 e. The van der Waals surface area contributed by atoms with Crippen LogP contribution in [0.4, 0.5) is 11.4 Å². The molecule has 0 radical (unpaired) electrons. The van der Waals surface area contributed by atoms with Crippen LogP contribution in [0.15, 0.2) is 48.5 Å². The van der Waals surface area contributed by atoms with Gasteiger partial charge in [0.1, 0.15) is 5.75 Å². The van der Waals surface area contributed by atoms with Gasteiger partial charge in [-0.1, -0.05) is 32.0 Å². The van der Waals surface area contributed by atoms with Gasteiger partial charge >= 0.3 is 0 Å². The molecule has 0 aliphatic carbocycles. The zero-order chi connectivity index (χ0) is 17.6. The van der Waals surface area contributed by atoms with Gasteiger partial charge < -0.3 is 15.0 Å². The first-order chi connectivity index (χ1) is 12.1. The van der Waals surface area contributed by atoms with Gasteiger partial charge in [0.2, 0.25) is 5.91 Å². The van der Waals surface area contributed by atoms with E-state index in [9.17, 15) is 4.79 Å². The average Bonchev–Trinajstić information content (AvgIpc) is 2.61. The maximum atomic E-state index is 12.4. The molecule has 0 bridgehead atoms. The molecule has 0 unspecified atom stereocenters. The van der Waals surface area contributed by atoms with E-state index in [2.05, 4.69) is 42.3 Å². The predicted molar refractivity (Wildman–Crippen MR) is 102 cm³/mol. The van der Waals surface area contributed by atoms with Gasteiger partial charge in [-0.05, 0) is 54.7 Å². The first-order valence-corrected chi connectivity index (χ1v) is 8.97. The molecule has 1 aliphatic heterocycles. The van der Waals surface area contributed by atoms with Crippen molar-refractivity contribution in [3.05, 3.63) is 54.1 Å². The van der Waals surface area contributed by atoms with E-state index in [4.69, 9.17) is 4.74 Å². The van der Waals surface area contributed by atoms with Gasteiger partial charge in [0.05, 0.1) is 13.2 Å². The minimum Gasteiger partial charge on any atom is -0.493 e. The van der Waals surface area contributed by atoms with E-state index in [1.807, 2.05) is 30.3 Å². The Kier molecular flexibility index (Phi) is 5.59. The molecule has 4 nitrogen and oxygen atoms in total. The maximum absolute atomic E-state index is 12.4. The fraction of sp³-hybridized carbons (Fsp3) is 0.381. The number of para-hydroxylation sites is 1. The van der Waals surface area contributed by atoms with Crippen molar-refractivity contribution in [1.82, 2.24) is 0 Å². The third-order valence-corrected chi connectivity index (χ3v) is 4.26. The number of rotatable bonds is 6. The summed E-state index contributed by atoms with van der Waals surface area (Å²) in [6, 6.07) is 15.9. The first kappa shape index (κ1) is 17.3. The lowest BCUT2D eigenvalue weighted by atomic mass is 10.0. The molecular formula is C21H26N2O2. The first-order valence-electron chi connectivity index (χ1n) is 8.97. The third kappa shape index (κ3) is 4.75. The number of carbonyl (C=O) groups excluding carboxylic acids is 1. The van der Waals surface area contributed by atoms with Gasteiger partial charge in [-0.2, -0.15) is 0 Å². The number of nitrogens with one attached hydrogen (secondary N) is 1. The minimum absolute atomic E-state index is 0.00699. The Morgan fingerprint density at radius 3 is 2.68 bits per heavy atom. The summed E-state index contributed by atoms with van der Waals surface area (Å²) >= 11 is 0. The van der Waals surface area contributed by atoms with Crippen LogP contribution in [-0.4, -0.2) is 25.6 Å². The Labute approximate surface area is 149 Å². The van der Waals surface area contributed by atoms with Crippen LogP contribution >= 0.6 is 0 Å². The van der Waals surface area contributed by atoms with Crippen LogP contribution in [0.5, 0.6) is 5.75 Å². The number of anilines is 2. The third-order valence-electron chi connectivity index (χ3n) is 4.26. The van der Waals surface area contributed by atoms with Crippen LogP contribution in [0.2, 0.25) is 0 Å². The Morgan fingerprint density at radius 1 is 1.16 bits per heavy atom. The lowest BCUT2D eigenvalue weighted by Crippen LogP contribution is -2.36. The van der Waals surface area contributed by atoms with Gasteiger partial charge in [0.15, 0.2) is 0 Å². The fourth-order valence-corrected chi connectivity index (χ4v) is 3.05. The topological polar surface area (TPSA) is 41.6 Å². The fourth-order valence-electron chi connectivity index (χ4n) is 3.05. The molecule has 3 rings (SSSR count). The Balaban J connectivity index is 1.56. The number of hydrogen-bond donors (Lipinski definition) is 1. The molecule has 0 saturated carbocycles. The number of nitrogens with zero attached hydrogens (tertiary/aromatic N) is 1. The lowest BCUT2D eigenvalue weighted by molar-refractivity contribution is -0.115. The Bertz CT molecular complexity index is 710. The molecule has 25 heavy (non-hydrogen) atoms. The van der Waals surface area contributed by atoms with Crippen LogP contribution in [0, 0.1) is 5.92 Å². The van der Waals surface area contributed by atoms with Crippen LogP contribution in [0.25, 0.3) is 0 Å². The van der Waals surface area contributed by atoms with Gasteiger partial charge in [0, 0.05) is 17.9 Å². The number of benzene rings is 2. The Hall–Kier alpha value is -2.49. The molecule has 0 spiro atoms. The van der Waals surface area contributed by atoms with Crippen LogP contribution in [0.1, 0.15) is 25.8 Å². The summed E-state index contributed by atoms with van der Waals surface area (Å²) < 4.78 is 5.67. The van der Waals surface area contributed by atoms with Gasteiger partial charge in [-0.3, -0.25) is 4.79 Å². The molecule has 0 fully saturated rings. The van der Waals surface area contributed by atoms with E-state index >= 15 is 0 Å². The summed E-state index contributed by atoms with van der Waals surface area (Å²) in [5.41, 5.74) is 3.31. The minimum atomic E-state index is 0.00699. The van der Waals surface area contributed by atoms with Crippen LogP contribution in [-0.2, 0) is 11.2 Å². The van der Waals surface area contributed by atoms with E-state index in [-0.39, 0.29) is 5.91 Å². The standard InChI is InChI=1S/C21H26N2O2/c1-16(2)15-25-19-11-9-18(10-12-19)22-21(24)14-23-13-5-7-17-6-3-4-8-20(17)23/h3-4,6,8-12,16H,5,7,13-15H2,1-2H3,(H,22,24). The highest BCUT2D eigenvalue weighted by Crippen LogP contribution is 2.26. The van der Waals surface area contributed by atoms with Crippen molar-refractivity contribution in [1.29, 1.82) is 0 Å². The monoisotopic (exact) mass is 338 g/mol. The van der Waals surface area contributed by atoms with Gasteiger partial charge in [0.25, 0.3) is 0 Å². The van der Waals surface area contributed by atoms with Gasteiger partial charge in [-0.15, -0.1) is 0 Å². The van der Waals surface area contributed by atoms with E-state index in [0.717, 1.165) is 30.8 Å². The van der Waals surface area contributed by atoms with Crippen molar-refractivity contribution in [2.24, 2.45) is 5.92 Å². The molecule has 0 saturated heterocycles. The van der Waals surface area contributed by atoms with E-state index < -0.39 is 0 Å². The van der Waals surface area contributed by atoms with E-state index in [1.54, 1.807) is 0 Å². The number of aryl methyl sites for hydroxylation is 1. The number of carbonyl (C=O) groups is 1. The molecule has 1 aliphatic rings. The molecule has 1 amide bonds. The van der Waals surface area contributed by atoms with Crippen molar-refractivity contribution in [2.45, 2.75) is 26.7 Å². The van der Waals surface area contributed by atoms with Crippen molar-refractivity contribution >= 4 is 17.3 Å². The van der Waals surface area contributed by atoms with E-state index in [0.29, 0.717) is 19.1 Å². The number of amides is 1. The number of ether oxygens (including phenoxy) is 1. The molecule has 0 atom stereocenters. The van der Waals surface area contributed by atoms with Crippen molar-refractivity contribution in [2.75, 3.05) is 29.9 Å². The molecular weight excluding hydrogens is 312 g/mol. The van der Waals surface area contributed by atoms with Crippen molar-refractivity contribution < 1.29 is 9.53 Å². The summed E-state index contributed by atoms with van der Waals surface area (Å²) in [4.78, 5) is 14.6. The summed E-state index contributed by atoms with van der Waals surface area (Å²) in [5.74, 6) is 1.33. The molecule has 0 aromatic heterocycles. The number of hydrogen-bond acceptors (Lipinski definition) is 3. The molecule has 2 aromatic carbocycles. The van der Waals surface area contributed by atoms with Crippen LogP contribution in [0.3, 0.4) is 0 Å². The predicted octanol–water partition coefficient (Wildman–Crippen LogP) is 4.11. The van der Waals surface area contributed by atoms with Crippen molar-refractivity contribution in [3.8, 4) is 5.75 Å². The maximum Gasteiger partial charge on any atom is 0.243 e. The molecule has 2 aromatic rings. The van der Waals surface area contributed by atoms with Crippen LogP contribution < -0.4 is 15.0 Å². The summed E-state index contributed by atoms with van der Waals surface area (Å²) in [6.45, 7) is 6.23. The quantitative estimate of drug-likeness (QED) is 0.862. The second-order valence-corrected chi connectivity index (χ2v) is 6.93. The molecule has 132 valence electrons. The highest BCUT2D eigenvalue weighted by Gasteiger charge is 2.18. The second kappa shape index (κ2) is 8.06. The normalized spacial score (nSPS) is 13.5. The zero-order valence-electron chi connectivity index (χ0n) is 15.0. The Morgan fingerprint density at radius 2 is 1.92 bits per heavy atom. The highest BCUT2D eigenvalue weighted by molar-refractivity contribution is 5.94. The summed E-state index contributed by atoms with van der Waals surface area (Å²) in [7, 11) is 0.